The van der Waals surface area contributed by atoms with Gasteiger partial charge in [0.2, 0.25) is 0 Å². The fourth-order valence-corrected chi connectivity index (χ4v) is 10.7. The number of carbonyl (C=O) groups is 2. The van der Waals surface area contributed by atoms with Crippen LogP contribution in [0.2, 0.25) is 0 Å². The molecule has 4 bridgehead atoms. The Bertz CT molecular complexity index is 948. The van der Waals surface area contributed by atoms with Crippen molar-refractivity contribution in [2.24, 2.45) is 45.8 Å². The number of aliphatic carboxylic acids is 1. The number of rotatable bonds is 7. The number of aldehydes is 1. The van der Waals surface area contributed by atoms with Crippen molar-refractivity contribution in [3.63, 3.8) is 0 Å². The lowest BCUT2D eigenvalue weighted by Crippen LogP contribution is -2.65. The Kier molecular flexibility index (Phi) is 6.01. The van der Waals surface area contributed by atoms with Gasteiger partial charge in [-0.15, -0.1) is 0 Å². The molecule has 7 unspecified atom stereocenters. The minimum atomic E-state index is -1.13. The molecule has 6 nitrogen and oxygen atoms in total. The molecule has 0 aromatic heterocycles. The first-order valence-electron chi connectivity index (χ1n) is 14.6. The maximum Gasteiger partial charge on any atom is 0.315 e. The van der Waals surface area contributed by atoms with Gasteiger partial charge in [0.1, 0.15) is 11.7 Å². The summed E-state index contributed by atoms with van der Waals surface area (Å²) in [5.41, 5.74) is -1.42. The largest absolute Gasteiger partial charge is 0.481 e. The Hall–Kier alpha value is -1.24. The average molecular weight is 500 g/mol. The maximum absolute atomic E-state index is 13.7. The first-order chi connectivity index (χ1) is 17.2. The number of hydrogen-bond acceptors (Lipinski definition) is 5. The van der Waals surface area contributed by atoms with Crippen molar-refractivity contribution < 1.29 is 24.2 Å². The average Bonchev–Trinajstić information content (AvgIpc) is 3.59. The van der Waals surface area contributed by atoms with Gasteiger partial charge in [0.25, 0.3) is 0 Å². The van der Waals surface area contributed by atoms with Gasteiger partial charge in [-0.3, -0.25) is 9.69 Å². The van der Waals surface area contributed by atoms with Crippen LogP contribution in [0.1, 0.15) is 72.1 Å². The Morgan fingerprint density at radius 3 is 2.75 bits per heavy atom. The molecule has 0 aromatic rings. The third-order valence-corrected chi connectivity index (χ3v) is 11.9. The highest BCUT2D eigenvalue weighted by Crippen LogP contribution is 2.84. The number of ether oxygens (including phenoxy) is 2. The molecule has 2 saturated heterocycles. The molecule has 6 heteroatoms. The number of carbonyl (C=O) groups excluding carboxylic acids is 1. The van der Waals surface area contributed by atoms with Crippen LogP contribution in [-0.4, -0.2) is 67.3 Å². The topological polar surface area (TPSA) is 76.1 Å². The van der Waals surface area contributed by atoms with E-state index in [9.17, 15) is 14.7 Å². The van der Waals surface area contributed by atoms with E-state index in [2.05, 4.69) is 31.7 Å². The lowest BCUT2D eigenvalue weighted by molar-refractivity contribution is -0.197. The molecule has 6 rings (SSSR count). The van der Waals surface area contributed by atoms with E-state index in [1.807, 2.05) is 0 Å². The van der Waals surface area contributed by atoms with Gasteiger partial charge in [-0.05, 0) is 81.1 Å². The summed E-state index contributed by atoms with van der Waals surface area (Å²) in [7, 11) is 1.80. The summed E-state index contributed by atoms with van der Waals surface area (Å²) in [6.45, 7) is 9.48. The zero-order chi connectivity index (χ0) is 25.5. The second-order valence-electron chi connectivity index (χ2n) is 13.5. The van der Waals surface area contributed by atoms with Crippen LogP contribution < -0.4 is 0 Å². The highest BCUT2D eigenvalue weighted by molar-refractivity contribution is 5.90. The van der Waals surface area contributed by atoms with Crippen LogP contribution in [0.4, 0.5) is 0 Å². The van der Waals surface area contributed by atoms with Gasteiger partial charge in [0.15, 0.2) is 0 Å². The Balaban J connectivity index is 1.38. The van der Waals surface area contributed by atoms with E-state index in [1.165, 1.54) is 0 Å². The van der Waals surface area contributed by atoms with Crippen LogP contribution in [0.25, 0.3) is 0 Å². The standard InChI is InChI=1S/C30H45NO5/c1-18(2)25-12-20-13-28(17-32)24-9-7-19(3)23(24)14-29(20,30(25,28)27(33)34)26-10-8-22(36-26)16-31-11-5-6-21(15-31)35-4/h12,17-24,26H,5-11,13-16H2,1-4H3,(H,33,34)/t19-,20?,21?,22?,23-,24-,26?,28?,29?,30?/m1/s1. The molecule has 0 amide bonds. The Morgan fingerprint density at radius 2 is 2.06 bits per heavy atom. The third kappa shape index (κ3) is 2.95. The van der Waals surface area contributed by atoms with Crippen molar-refractivity contribution in [3.05, 3.63) is 11.6 Å². The predicted molar refractivity (Wildman–Crippen MR) is 136 cm³/mol. The molecule has 3 saturated carbocycles. The summed E-state index contributed by atoms with van der Waals surface area (Å²) in [4.78, 5) is 29.4. The van der Waals surface area contributed by atoms with Crippen molar-refractivity contribution in [3.8, 4) is 0 Å². The van der Waals surface area contributed by atoms with E-state index >= 15 is 0 Å². The fourth-order valence-electron chi connectivity index (χ4n) is 10.7. The second-order valence-corrected chi connectivity index (χ2v) is 13.5. The summed E-state index contributed by atoms with van der Waals surface area (Å²) >= 11 is 0. The highest BCUT2D eigenvalue weighted by Gasteiger charge is 2.86. The van der Waals surface area contributed by atoms with E-state index in [4.69, 9.17) is 9.47 Å². The summed E-state index contributed by atoms with van der Waals surface area (Å²) in [6.07, 6.45) is 11.6. The molecular weight excluding hydrogens is 454 g/mol. The van der Waals surface area contributed by atoms with E-state index in [0.29, 0.717) is 24.4 Å². The van der Waals surface area contributed by atoms with Crippen LogP contribution in [0.5, 0.6) is 0 Å². The van der Waals surface area contributed by atoms with Crippen molar-refractivity contribution in [1.82, 2.24) is 4.90 Å². The zero-order valence-electron chi connectivity index (χ0n) is 22.6. The van der Waals surface area contributed by atoms with Gasteiger partial charge in [-0.1, -0.05) is 38.8 Å². The monoisotopic (exact) mass is 499 g/mol. The Morgan fingerprint density at radius 1 is 1.25 bits per heavy atom. The van der Waals surface area contributed by atoms with Crippen molar-refractivity contribution in [2.45, 2.75) is 90.4 Å². The van der Waals surface area contributed by atoms with E-state index in [0.717, 1.165) is 76.4 Å². The minimum Gasteiger partial charge on any atom is -0.481 e. The van der Waals surface area contributed by atoms with Gasteiger partial charge < -0.3 is 19.4 Å². The summed E-state index contributed by atoms with van der Waals surface area (Å²) in [6, 6.07) is 0. The van der Waals surface area contributed by atoms with Crippen LogP contribution in [0, 0.1) is 45.8 Å². The number of hydrogen-bond donors (Lipinski definition) is 1. The number of allylic oxidation sites excluding steroid dienone is 1. The first-order valence-corrected chi connectivity index (χ1v) is 14.6. The van der Waals surface area contributed by atoms with Crippen LogP contribution >= 0.6 is 0 Å². The molecule has 2 heterocycles. The predicted octanol–water partition coefficient (Wildman–Crippen LogP) is 4.57. The molecule has 200 valence electrons. The smallest absolute Gasteiger partial charge is 0.315 e. The van der Waals surface area contributed by atoms with E-state index < -0.39 is 22.2 Å². The molecule has 4 aliphatic carbocycles. The molecule has 6 aliphatic rings. The van der Waals surface area contributed by atoms with Crippen molar-refractivity contribution in [1.29, 1.82) is 0 Å². The molecule has 10 atom stereocenters. The van der Waals surface area contributed by atoms with Crippen molar-refractivity contribution >= 4 is 12.3 Å². The number of methoxy groups -OCH3 is 1. The minimum absolute atomic E-state index is 0.102. The summed E-state index contributed by atoms with van der Waals surface area (Å²) in [5, 5.41) is 11.2. The van der Waals surface area contributed by atoms with E-state index in [1.54, 1.807) is 7.11 Å². The number of piperidine rings is 1. The summed E-state index contributed by atoms with van der Waals surface area (Å²) < 4.78 is 12.6. The number of nitrogens with zero attached hydrogens (tertiary/aromatic N) is 1. The number of carboxylic acid groups (broad SMARTS) is 1. The highest BCUT2D eigenvalue weighted by atomic mass is 16.5. The fraction of sp³-hybridized carbons (Fsp3) is 0.867. The molecule has 0 spiro atoms. The van der Waals surface area contributed by atoms with Gasteiger partial charge in [0.05, 0.1) is 23.7 Å². The van der Waals surface area contributed by atoms with E-state index in [-0.39, 0.29) is 30.0 Å². The number of carboxylic acids is 1. The Labute approximate surface area is 216 Å². The molecule has 2 aliphatic heterocycles. The zero-order valence-corrected chi connectivity index (χ0v) is 22.6. The molecule has 0 aromatic carbocycles. The third-order valence-electron chi connectivity index (χ3n) is 11.9. The molecule has 5 fully saturated rings. The summed E-state index contributed by atoms with van der Waals surface area (Å²) in [5.74, 6) is 0.593. The second kappa shape index (κ2) is 8.64. The molecular formula is C30H45NO5. The number of fused-ring (bicyclic) bond motifs is 2. The molecule has 36 heavy (non-hydrogen) atoms. The molecule has 0 radical (unpaired) electrons. The normalized spacial score (nSPS) is 49.9. The van der Waals surface area contributed by atoms with Crippen molar-refractivity contribution in [2.75, 3.05) is 26.7 Å². The number of likely N-dealkylation sites (tertiary alicyclic amines) is 1. The maximum atomic E-state index is 13.7. The quantitative estimate of drug-likeness (QED) is 0.409. The lowest BCUT2D eigenvalue weighted by atomic mass is 9.41. The SMILES string of the molecule is COC1CCCN(CC2CCC(C34C[C@@H]5[C@H](C)CC[C@H]5C5(C=O)CC3C=C(C(C)C)C45C(=O)O)O2)C1. The van der Waals surface area contributed by atoms with Crippen LogP contribution in [0.15, 0.2) is 11.6 Å². The van der Waals surface area contributed by atoms with Gasteiger partial charge >= 0.3 is 5.97 Å². The lowest BCUT2D eigenvalue weighted by Gasteiger charge is -2.60. The van der Waals surface area contributed by atoms with Gasteiger partial charge in [-0.2, -0.15) is 0 Å². The first kappa shape index (κ1) is 25.1. The van der Waals surface area contributed by atoms with Crippen LogP contribution in [-0.2, 0) is 19.1 Å². The van der Waals surface area contributed by atoms with Gasteiger partial charge in [0, 0.05) is 25.6 Å². The van der Waals surface area contributed by atoms with Gasteiger partial charge in [-0.25, -0.2) is 0 Å². The van der Waals surface area contributed by atoms with Crippen LogP contribution in [0.3, 0.4) is 0 Å². The molecule has 1 N–H and O–H groups in total.